The van der Waals surface area contributed by atoms with Gasteiger partial charge in [0.15, 0.2) is 0 Å². The van der Waals surface area contributed by atoms with Gasteiger partial charge in [-0.15, -0.1) is 24.9 Å². The number of unbranched alkanes of at least 4 members (excludes halogenated alkanes) is 2. The molecule has 39 heavy (non-hydrogen) atoms. The van der Waals surface area contributed by atoms with Crippen LogP contribution in [0.25, 0.3) is 0 Å². The fourth-order valence-electron chi connectivity index (χ4n) is 6.64. The molecule has 2 unspecified atom stereocenters. The second-order valence-electron chi connectivity index (χ2n) is 11.2. The molecular formula is C31H42N2O5S. The number of nitrogens with zero attached hydrogens (tertiary/aromatic N) is 2. The Morgan fingerprint density at radius 1 is 1.23 bits per heavy atom. The fourth-order valence-corrected chi connectivity index (χ4v) is 8.83. The molecule has 1 aromatic carbocycles. The van der Waals surface area contributed by atoms with E-state index in [1.54, 1.807) is 27.6 Å². The number of ether oxygens (including phenoxy) is 1. The summed E-state index contributed by atoms with van der Waals surface area (Å²) in [4.78, 5) is 45.5. The molecule has 6 atom stereocenters. The SMILES string of the molecule is C=CCCCCOC(=O)[C@@H]1[C@@H]2CCC3(S2)C(C(=O)N(CC=C)Cc2ccccc2)N([C@@H](CO)C(C)C)C(=O)[C@H]13. The number of carbonyl (C=O) groups is 3. The van der Waals surface area contributed by atoms with Gasteiger partial charge in [0.25, 0.3) is 0 Å². The number of carbonyl (C=O) groups excluding carboxylic acids is 3. The number of likely N-dealkylation sites (tertiary alicyclic amines) is 1. The quantitative estimate of drug-likeness (QED) is 0.211. The van der Waals surface area contributed by atoms with Crippen LogP contribution in [0, 0.1) is 17.8 Å². The van der Waals surface area contributed by atoms with Crippen LogP contribution in [-0.2, 0) is 25.7 Å². The van der Waals surface area contributed by atoms with Gasteiger partial charge < -0.3 is 19.6 Å². The number of amides is 2. The van der Waals surface area contributed by atoms with Crippen molar-refractivity contribution in [1.82, 2.24) is 9.80 Å². The van der Waals surface area contributed by atoms with Crippen LogP contribution < -0.4 is 0 Å². The molecular weight excluding hydrogens is 512 g/mol. The molecule has 0 aromatic heterocycles. The molecule has 3 saturated heterocycles. The summed E-state index contributed by atoms with van der Waals surface area (Å²) in [6.45, 7) is 12.3. The average Bonchev–Trinajstić information content (AvgIpc) is 3.56. The van der Waals surface area contributed by atoms with Crippen molar-refractivity contribution in [3.63, 3.8) is 0 Å². The molecule has 1 aromatic rings. The number of rotatable bonds is 14. The summed E-state index contributed by atoms with van der Waals surface area (Å²) in [5.74, 6) is -1.97. The third-order valence-corrected chi connectivity index (χ3v) is 10.4. The van der Waals surface area contributed by atoms with Crippen LogP contribution in [0.2, 0.25) is 0 Å². The van der Waals surface area contributed by atoms with E-state index in [4.69, 9.17) is 4.74 Å². The first-order valence-corrected chi connectivity index (χ1v) is 15.0. The van der Waals surface area contributed by atoms with E-state index in [1.165, 1.54) is 0 Å². The van der Waals surface area contributed by atoms with Crippen LogP contribution in [0.1, 0.15) is 51.5 Å². The lowest BCUT2D eigenvalue weighted by molar-refractivity contribution is -0.155. The number of hydrogen-bond acceptors (Lipinski definition) is 6. The number of fused-ring (bicyclic) bond motifs is 1. The molecule has 0 saturated carbocycles. The maximum Gasteiger partial charge on any atom is 0.310 e. The van der Waals surface area contributed by atoms with Crippen molar-refractivity contribution in [1.29, 1.82) is 0 Å². The number of benzene rings is 1. The molecule has 212 valence electrons. The highest BCUT2D eigenvalue weighted by molar-refractivity contribution is 8.02. The molecule has 7 nitrogen and oxygen atoms in total. The van der Waals surface area contributed by atoms with Gasteiger partial charge in [0.1, 0.15) is 6.04 Å². The molecule has 3 fully saturated rings. The smallest absolute Gasteiger partial charge is 0.310 e. The van der Waals surface area contributed by atoms with Crippen molar-refractivity contribution in [3.8, 4) is 0 Å². The van der Waals surface area contributed by atoms with Crippen LogP contribution in [0.4, 0.5) is 0 Å². The Labute approximate surface area is 236 Å². The molecule has 0 radical (unpaired) electrons. The van der Waals surface area contributed by atoms with Crippen molar-refractivity contribution in [2.45, 2.75) is 74.6 Å². The topological polar surface area (TPSA) is 87.2 Å². The maximum atomic E-state index is 14.5. The Kier molecular flexibility index (Phi) is 9.60. The predicted octanol–water partition coefficient (Wildman–Crippen LogP) is 4.21. The fraction of sp³-hybridized carbons (Fsp3) is 0.581. The molecule has 2 bridgehead atoms. The Balaban J connectivity index is 1.67. The largest absolute Gasteiger partial charge is 0.465 e. The highest BCUT2D eigenvalue weighted by atomic mass is 32.2. The highest BCUT2D eigenvalue weighted by Crippen LogP contribution is 2.67. The normalized spacial score (nSPS) is 27.9. The van der Waals surface area contributed by atoms with E-state index in [2.05, 4.69) is 13.2 Å². The molecule has 3 heterocycles. The lowest BCUT2D eigenvalue weighted by Gasteiger charge is -2.40. The standard InChI is InChI=1S/C31H42N2O5S/c1-5-7-8-12-18-38-30(37)25-24-15-16-31(39-24)26(25)28(35)33(23(20-34)21(3)4)27(31)29(36)32(17-6-2)19-22-13-10-9-11-14-22/h5-6,9-11,13-14,21,23-27,34H,1-2,7-8,12,15-20H2,3-4H3/t23-,24-,25+,26-,27?,31?/m0/s1. The zero-order valence-corrected chi connectivity index (χ0v) is 24.0. The van der Waals surface area contributed by atoms with Crippen molar-refractivity contribution < 1.29 is 24.2 Å². The number of allylic oxidation sites excluding steroid dienone is 1. The van der Waals surface area contributed by atoms with Gasteiger partial charge in [-0.1, -0.05) is 56.3 Å². The molecule has 8 heteroatoms. The predicted molar refractivity (Wildman–Crippen MR) is 154 cm³/mol. The van der Waals surface area contributed by atoms with Crippen molar-refractivity contribution >= 4 is 29.5 Å². The van der Waals surface area contributed by atoms with E-state index in [0.717, 1.165) is 31.2 Å². The Bertz CT molecular complexity index is 1060. The third-order valence-electron chi connectivity index (χ3n) is 8.48. The van der Waals surface area contributed by atoms with Gasteiger partial charge in [0, 0.05) is 18.3 Å². The molecule has 0 aliphatic carbocycles. The van der Waals surface area contributed by atoms with Crippen molar-refractivity contribution in [2.75, 3.05) is 19.8 Å². The molecule has 2 amide bonds. The van der Waals surface area contributed by atoms with Gasteiger partial charge in [-0.25, -0.2) is 0 Å². The van der Waals surface area contributed by atoms with Gasteiger partial charge >= 0.3 is 5.97 Å². The Morgan fingerprint density at radius 3 is 2.62 bits per heavy atom. The van der Waals surface area contributed by atoms with Gasteiger partial charge in [-0.3, -0.25) is 14.4 Å². The first-order valence-electron chi connectivity index (χ1n) is 14.1. The summed E-state index contributed by atoms with van der Waals surface area (Å²) < 4.78 is 4.97. The van der Waals surface area contributed by atoms with Crippen molar-refractivity contribution in [3.05, 3.63) is 61.2 Å². The van der Waals surface area contributed by atoms with Gasteiger partial charge in [-0.05, 0) is 43.6 Å². The second-order valence-corrected chi connectivity index (χ2v) is 12.8. The van der Waals surface area contributed by atoms with E-state index in [0.29, 0.717) is 26.1 Å². The summed E-state index contributed by atoms with van der Waals surface area (Å²) in [6.07, 6.45) is 7.49. The summed E-state index contributed by atoms with van der Waals surface area (Å²) in [5.41, 5.74) is 0.987. The average molecular weight is 555 g/mol. The molecule has 3 aliphatic rings. The zero-order valence-electron chi connectivity index (χ0n) is 23.2. The molecule has 1 N–H and O–H groups in total. The first-order chi connectivity index (χ1) is 18.8. The molecule has 3 aliphatic heterocycles. The van der Waals surface area contributed by atoms with Gasteiger partial charge in [0.2, 0.25) is 11.8 Å². The van der Waals surface area contributed by atoms with E-state index in [9.17, 15) is 19.5 Å². The Hall–Kier alpha value is -2.58. The van der Waals surface area contributed by atoms with E-state index < -0.39 is 28.7 Å². The molecule has 1 spiro atoms. The Morgan fingerprint density at radius 2 is 1.97 bits per heavy atom. The van der Waals surface area contributed by atoms with Crippen LogP contribution >= 0.6 is 11.8 Å². The number of aliphatic hydroxyl groups is 1. The summed E-state index contributed by atoms with van der Waals surface area (Å²) in [5, 5.41) is 10.4. The third kappa shape index (κ3) is 5.55. The van der Waals surface area contributed by atoms with Crippen LogP contribution in [-0.4, -0.2) is 74.5 Å². The lowest BCUT2D eigenvalue weighted by atomic mass is 9.71. The summed E-state index contributed by atoms with van der Waals surface area (Å²) in [7, 11) is 0. The monoisotopic (exact) mass is 554 g/mol. The van der Waals surface area contributed by atoms with Gasteiger partial charge in [0.05, 0.1) is 35.8 Å². The van der Waals surface area contributed by atoms with E-state index in [1.807, 2.05) is 50.3 Å². The van der Waals surface area contributed by atoms with Crippen LogP contribution in [0.5, 0.6) is 0 Å². The van der Waals surface area contributed by atoms with E-state index >= 15 is 0 Å². The first kappa shape index (κ1) is 29.4. The van der Waals surface area contributed by atoms with Crippen LogP contribution in [0.3, 0.4) is 0 Å². The summed E-state index contributed by atoms with van der Waals surface area (Å²) in [6, 6.07) is 8.48. The minimum absolute atomic E-state index is 0.0503. The second kappa shape index (κ2) is 12.7. The highest BCUT2D eigenvalue weighted by Gasteiger charge is 2.74. The van der Waals surface area contributed by atoms with Crippen LogP contribution in [0.15, 0.2) is 55.6 Å². The number of thioether (sulfide) groups is 1. The molecule has 4 rings (SSSR count). The van der Waals surface area contributed by atoms with Gasteiger partial charge in [-0.2, -0.15) is 0 Å². The minimum atomic E-state index is -0.765. The maximum absolute atomic E-state index is 14.5. The minimum Gasteiger partial charge on any atom is -0.465 e. The lowest BCUT2D eigenvalue weighted by Crippen LogP contribution is -2.58. The van der Waals surface area contributed by atoms with E-state index in [-0.39, 0.29) is 35.6 Å². The number of hydrogen-bond donors (Lipinski definition) is 1. The number of esters is 1. The number of aliphatic hydroxyl groups excluding tert-OH is 1. The van der Waals surface area contributed by atoms with Crippen molar-refractivity contribution in [2.24, 2.45) is 17.8 Å². The zero-order chi connectivity index (χ0) is 28.2. The summed E-state index contributed by atoms with van der Waals surface area (Å²) >= 11 is 1.63.